The summed E-state index contributed by atoms with van der Waals surface area (Å²) in [5, 5.41) is 7.29. The zero-order valence-corrected chi connectivity index (χ0v) is 14.3. The summed E-state index contributed by atoms with van der Waals surface area (Å²) in [6.07, 6.45) is 7.16. The fourth-order valence-corrected chi connectivity index (χ4v) is 3.33. The van der Waals surface area contributed by atoms with Crippen molar-refractivity contribution in [2.45, 2.75) is 25.2 Å². The first-order valence-corrected chi connectivity index (χ1v) is 8.72. The van der Waals surface area contributed by atoms with Gasteiger partial charge in [0.05, 0.1) is 12.7 Å². The number of likely N-dealkylation sites (tertiary alicyclic amines) is 1. The first-order valence-electron chi connectivity index (χ1n) is 8.72. The van der Waals surface area contributed by atoms with E-state index in [0.717, 1.165) is 32.4 Å². The number of amides is 1. The molecule has 1 N–H and O–H groups in total. The van der Waals surface area contributed by atoms with Gasteiger partial charge in [-0.25, -0.2) is 0 Å². The van der Waals surface area contributed by atoms with Crippen molar-refractivity contribution < 1.29 is 4.79 Å². The number of carbonyl (C=O) groups is 1. The second kappa shape index (κ2) is 8.11. The molecule has 5 heteroatoms. The molecule has 0 aliphatic carbocycles. The van der Waals surface area contributed by atoms with Crippen molar-refractivity contribution in [1.29, 1.82) is 0 Å². The molecule has 0 radical (unpaired) electrons. The van der Waals surface area contributed by atoms with E-state index in [4.69, 9.17) is 0 Å². The predicted octanol–water partition coefficient (Wildman–Crippen LogP) is 1.96. The Labute approximate surface area is 143 Å². The van der Waals surface area contributed by atoms with Gasteiger partial charge in [-0.2, -0.15) is 5.10 Å². The summed E-state index contributed by atoms with van der Waals surface area (Å²) in [5.41, 5.74) is 2.58. The first-order chi connectivity index (χ1) is 11.7. The normalized spacial score (nSPS) is 16.2. The Morgan fingerprint density at radius 3 is 2.67 bits per heavy atom. The van der Waals surface area contributed by atoms with E-state index in [0.29, 0.717) is 19.0 Å². The fraction of sp³-hybridized carbons (Fsp3) is 0.474. The number of rotatable bonds is 6. The highest BCUT2D eigenvalue weighted by Crippen LogP contribution is 2.27. The van der Waals surface area contributed by atoms with Gasteiger partial charge in [0.1, 0.15) is 0 Å². The lowest BCUT2D eigenvalue weighted by molar-refractivity contribution is -0.122. The summed E-state index contributed by atoms with van der Waals surface area (Å²) in [4.78, 5) is 14.3. The van der Waals surface area contributed by atoms with E-state index in [-0.39, 0.29) is 5.91 Å². The number of hydrogen-bond donors (Lipinski definition) is 1. The number of aromatic nitrogens is 2. The molecule has 1 aliphatic heterocycles. The van der Waals surface area contributed by atoms with E-state index < -0.39 is 0 Å². The van der Waals surface area contributed by atoms with Crippen molar-refractivity contribution in [2.75, 3.05) is 26.2 Å². The number of nitrogens with one attached hydrogen (secondary N) is 1. The second-order valence-electron chi connectivity index (χ2n) is 6.58. The average molecular weight is 326 g/mol. The highest BCUT2D eigenvalue weighted by molar-refractivity contribution is 5.78. The third-order valence-corrected chi connectivity index (χ3v) is 4.73. The van der Waals surface area contributed by atoms with Gasteiger partial charge in [0.15, 0.2) is 0 Å². The molecule has 0 spiro atoms. The van der Waals surface area contributed by atoms with Gasteiger partial charge in [-0.1, -0.05) is 30.3 Å². The Hall–Kier alpha value is -2.14. The molecular weight excluding hydrogens is 300 g/mol. The van der Waals surface area contributed by atoms with Gasteiger partial charge >= 0.3 is 0 Å². The number of nitrogens with zero attached hydrogens (tertiary/aromatic N) is 3. The summed E-state index contributed by atoms with van der Waals surface area (Å²) in [6, 6.07) is 10.3. The lowest BCUT2D eigenvalue weighted by atomic mass is 9.91. The Kier molecular flexibility index (Phi) is 5.64. The molecule has 128 valence electrons. The molecule has 0 bridgehead atoms. The molecule has 1 fully saturated rings. The highest BCUT2D eigenvalue weighted by Gasteiger charge is 2.22. The molecule has 3 rings (SSSR count). The van der Waals surface area contributed by atoms with Crippen molar-refractivity contribution in [2.24, 2.45) is 7.05 Å². The maximum Gasteiger partial charge on any atom is 0.234 e. The van der Waals surface area contributed by atoms with Crippen LogP contribution in [0.5, 0.6) is 0 Å². The van der Waals surface area contributed by atoms with Gasteiger partial charge in [0.25, 0.3) is 0 Å². The minimum atomic E-state index is 0.130. The van der Waals surface area contributed by atoms with Gasteiger partial charge in [0, 0.05) is 19.8 Å². The number of aryl methyl sites for hydroxylation is 1. The zero-order valence-electron chi connectivity index (χ0n) is 14.3. The maximum absolute atomic E-state index is 12.1. The summed E-state index contributed by atoms with van der Waals surface area (Å²) in [7, 11) is 1.96. The van der Waals surface area contributed by atoms with E-state index in [9.17, 15) is 4.79 Å². The molecule has 0 atom stereocenters. The molecule has 2 aromatic rings. The number of benzene rings is 1. The average Bonchev–Trinajstić information content (AvgIpc) is 3.03. The molecule has 0 saturated carbocycles. The van der Waals surface area contributed by atoms with Crippen LogP contribution in [0.3, 0.4) is 0 Å². The van der Waals surface area contributed by atoms with Crippen LogP contribution in [-0.2, 0) is 18.3 Å². The van der Waals surface area contributed by atoms with E-state index in [1.165, 1.54) is 11.1 Å². The van der Waals surface area contributed by atoms with Gasteiger partial charge in [-0.3, -0.25) is 14.4 Å². The van der Waals surface area contributed by atoms with Crippen molar-refractivity contribution in [1.82, 2.24) is 20.0 Å². The van der Waals surface area contributed by atoms with Gasteiger partial charge < -0.3 is 5.32 Å². The van der Waals surface area contributed by atoms with E-state index in [1.54, 1.807) is 0 Å². The molecule has 1 aromatic carbocycles. The molecular formula is C19H26N4O. The van der Waals surface area contributed by atoms with Crippen molar-refractivity contribution in [3.8, 4) is 0 Å². The molecule has 1 amide bonds. The summed E-state index contributed by atoms with van der Waals surface area (Å²) in [5.74, 6) is 0.710. The lowest BCUT2D eigenvalue weighted by Crippen LogP contribution is -2.41. The van der Waals surface area contributed by atoms with E-state index >= 15 is 0 Å². The quantitative estimate of drug-likeness (QED) is 0.883. The molecule has 1 saturated heterocycles. The molecule has 1 aliphatic rings. The number of carbonyl (C=O) groups excluding carboxylic acids is 1. The standard InChI is InChI=1S/C19H26N4O/c1-22-14-18(13-21-22)17-8-11-23(12-9-17)15-19(24)20-10-7-16-5-3-2-4-6-16/h2-6,13-14,17H,7-12,15H2,1H3,(H,20,24). The number of piperidine rings is 1. The third-order valence-electron chi connectivity index (χ3n) is 4.73. The Morgan fingerprint density at radius 1 is 1.25 bits per heavy atom. The molecule has 2 heterocycles. The summed E-state index contributed by atoms with van der Waals surface area (Å²) in [6.45, 7) is 3.17. The lowest BCUT2D eigenvalue weighted by Gasteiger charge is -2.31. The smallest absolute Gasteiger partial charge is 0.234 e. The van der Waals surface area contributed by atoms with Crippen LogP contribution in [0, 0.1) is 0 Å². The molecule has 24 heavy (non-hydrogen) atoms. The van der Waals surface area contributed by atoms with Crippen LogP contribution in [0.15, 0.2) is 42.7 Å². The monoisotopic (exact) mass is 326 g/mol. The third kappa shape index (κ3) is 4.68. The van der Waals surface area contributed by atoms with Gasteiger partial charge in [-0.05, 0) is 49.4 Å². The van der Waals surface area contributed by atoms with Crippen molar-refractivity contribution in [3.05, 3.63) is 53.9 Å². The number of hydrogen-bond acceptors (Lipinski definition) is 3. The minimum absolute atomic E-state index is 0.130. The highest BCUT2D eigenvalue weighted by atomic mass is 16.2. The van der Waals surface area contributed by atoms with Crippen LogP contribution in [0.4, 0.5) is 0 Å². The van der Waals surface area contributed by atoms with Crippen LogP contribution >= 0.6 is 0 Å². The van der Waals surface area contributed by atoms with Crippen LogP contribution in [0.2, 0.25) is 0 Å². The topological polar surface area (TPSA) is 50.2 Å². The van der Waals surface area contributed by atoms with Crippen molar-refractivity contribution >= 4 is 5.91 Å². The summed E-state index contributed by atoms with van der Waals surface area (Å²) < 4.78 is 1.86. The van der Waals surface area contributed by atoms with Gasteiger partial charge in [-0.15, -0.1) is 0 Å². The minimum Gasteiger partial charge on any atom is -0.355 e. The molecule has 5 nitrogen and oxygen atoms in total. The first kappa shape index (κ1) is 16.7. The van der Waals surface area contributed by atoms with Gasteiger partial charge in [0.2, 0.25) is 5.91 Å². The molecule has 0 unspecified atom stereocenters. The van der Waals surface area contributed by atoms with Crippen LogP contribution < -0.4 is 5.32 Å². The predicted molar refractivity (Wildman–Crippen MR) is 94.8 cm³/mol. The van der Waals surface area contributed by atoms with E-state index in [1.807, 2.05) is 36.1 Å². The Balaban J connectivity index is 1.35. The Morgan fingerprint density at radius 2 is 2.00 bits per heavy atom. The summed E-state index contributed by atoms with van der Waals surface area (Å²) >= 11 is 0. The molecule has 1 aromatic heterocycles. The largest absolute Gasteiger partial charge is 0.355 e. The second-order valence-corrected chi connectivity index (χ2v) is 6.58. The van der Waals surface area contributed by atoms with Crippen molar-refractivity contribution in [3.63, 3.8) is 0 Å². The maximum atomic E-state index is 12.1. The van der Waals surface area contributed by atoms with Crippen LogP contribution in [-0.4, -0.2) is 46.8 Å². The Bertz CT molecular complexity index is 644. The van der Waals surface area contributed by atoms with E-state index in [2.05, 4.69) is 33.6 Å². The SMILES string of the molecule is Cn1cc(C2CCN(CC(=O)NCCc3ccccc3)CC2)cn1. The van der Waals surface area contributed by atoms with Crippen LogP contribution in [0.1, 0.15) is 29.9 Å². The fourth-order valence-electron chi connectivity index (χ4n) is 3.33. The van der Waals surface area contributed by atoms with Crippen LogP contribution in [0.25, 0.3) is 0 Å². The zero-order chi connectivity index (χ0) is 16.8.